The molecule has 0 aliphatic heterocycles. The molecule has 0 bridgehead atoms. The Labute approximate surface area is 211 Å². The summed E-state index contributed by atoms with van der Waals surface area (Å²) in [5.41, 5.74) is 3.38. The van der Waals surface area contributed by atoms with Gasteiger partial charge in [-0.25, -0.2) is 0 Å². The fourth-order valence-electron chi connectivity index (χ4n) is 4.26. The summed E-state index contributed by atoms with van der Waals surface area (Å²) in [7, 11) is 0. The molecule has 4 rings (SSSR count). The molecule has 3 aromatic rings. The minimum Gasteiger partial charge on any atom is -0.376 e. The van der Waals surface area contributed by atoms with Crippen LogP contribution in [-0.2, 0) is 11.3 Å². The van der Waals surface area contributed by atoms with Crippen molar-refractivity contribution < 1.29 is 14.4 Å². The average Bonchev–Trinajstić information content (AvgIpc) is 2.92. The second-order valence-electron chi connectivity index (χ2n) is 9.04. The highest BCUT2D eigenvalue weighted by molar-refractivity contribution is 5.98. The fourth-order valence-corrected chi connectivity index (χ4v) is 4.26. The van der Waals surface area contributed by atoms with Crippen molar-refractivity contribution in [1.82, 2.24) is 10.6 Å². The molecule has 0 aromatic heterocycles. The number of carbonyl (C=O) groups excluding carboxylic acids is 3. The average molecular weight is 485 g/mol. The predicted octanol–water partition coefficient (Wildman–Crippen LogP) is 4.73. The van der Waals surface area contributed by atoms with E-state index >= 15 is 0 Å². The van der Waals surface area contributed by atoms with E-state index in [0.717, 1.165) is 24.1 Å². The molecule has 0 saturated heterocycles. The zero-order valence-electron chi connectivity index (χ0n) is 20.3. The van der Waals surface area contributed by atoms with E-state index in [9.17, 15) is 14.4 Å². The van der Waals surface area contributed by atoms with Crippen LogP contribution < -0.4 is 21.3 Å². The smallest absolute Gasteiger partial charge is 0.251 e. The summed E-state index contributed by atoms with van der Waals surface area (Å²) in [6.07, 6.45) is 5.67. The third-order valence-electron chi connectivity index (χ3n) is 6.24. The van der Waals surface area contributed by atoms with Crippen LogP contribution in [0.5, 0.6) is 0 Å². The predicted molar refractivity (Wildman–Crippen MR) is 142 cm³/mol. The number of nitrogens with one attached hydrogen (secondary N) is 4. The van der Waals surface area contributed by atoms with Crippen molar-refractivity contribution in [2.24, 2.45) is 0 Å². The minimum absolute atomic E-state index is 0.0536. The zero-order valence-corrected chi connectivity index (χ0v) is 20.3. The number of amides is 3. The van der Waals surface area contributed by atoms with Gasteiger partial charge in [0.2, 0.25) is 5.91 Å². The first-order chi connectivity index (χ1) is 17.6. The van der Waals surface area contributed by atoms with Crippen LogP contribution in [0, 0.1) is 0 Å². The van der Waals surface area contributed by atoms with Gasteiger partial charge in [-0.2, -0.15) is 0 Å². The van der Waals surface area contributed by atoms with E-state index in [4.69, 9.17) is 0 Å². The standard InChI is InChI=1S/C29H32N4O3/c34-27(20-30-24-16-14-22(15-17-24)29(36)33-25-11-5-2-6-12-25)32-26-13-7-10-23(18-26)28(35)31-19-21-8-3-1-4-9-21/h1,3-4,7-10,13-18,25,30H,2,5-6,11-12,19-20H2,(H,31,35)(H,32,34)(H,33,36). The van der Waals surface area contributed by atoms with Crippen molar-refractivity contribution in [2.75, 3.05) is 17.2 Å². The molecular weight excluding hydrogens is 452 g/mol. The Bertz CT molecular complexity index is 1170. The number of hydrogen-bond acceptors (Lipinski definition) is 4. The molecular formula is C29H32N4O3. The molecule has 1 fully saturated rings. The maximum Gasteiger partial charge on any atom is 0.251 e. The van der Waals surface area contributed by atoms with E-state index in [0.29, 0.717) is 23.4 Å². The van der Waals surface area contributed by atoms with E-state index in [2.05, 4.69) is 21.3 Å². The lowest BCUT2D eigenvalue weighted by Crippen LogP contribution is -2.36. The van der Waals surface area contributed by atoms with Gasteiger partial charge in [-0.3, -0.25) is 14.4 Å². The third kappa shape index (κ3) is 7.43. The molecule has 36 heavy (non-hydrogen) atoms. The monoisotopic (exact) mass is 484 g/mol. The van der Waals surface area contributed by atoms with Gasteiger partial charge in [0.1, 0.15) is 0 Å². The summed E-state index contributed by atoms with van der Waals surface area (Å²) in [6, 6.07) is 23.9. The van der Waals surface area contributed by atoms with Crippen LogP contribution in [-0.4, -0.2) is 30.3 Å². The Hall–Kier alpha value is -4.13. The van der Waals surface area contributed by atoms with Gasteiger partial charge in [-0.05, 0) is 60.9 Å². The van der Waals surface area contributed by atoms with Gasteiger partial charge in [-0.1, -0.05) is 55.7 Å². The minimum atomic E-state index is -0.240. The number of hydrogen-bond donors (Lipinski definition) is 4. The van der Waals surface area contributed by atoms with E-state index in [1.807, 2.05) is 30.3 Å². The van der Waals surface area contributed by atoms with Gasteiger partial charge >= 0.3 is 0 Å². The summed E-state index contributed by atoms with van der Waals surface area (Å²) in [4.78, 5) is 37.4. The quantitative estimate of drug-likeness (QED) is 0.353. The second-order valence-corrected chi connectivity index (χ2v) is 9.04. The van der Waals surface area contributed by atoms with Crippen molar-refractivity contribution in [3.63, 3.8) is 0 Å². The summed E-state index contributed by atoms with van der Waals surface area (Å²) in [5, 5.41) is 11.9. The molecule has 7 heteroatoms. The molecule has 0 spiro atoms. The van der Waals surface area contributed by atoms with Crippen molar-refractivity contribution in [2.45, 2.75) is 44.7 Å². The molecule has 0 atom stereocenters. The molecule has 0 radical (unpaired) electrons. The van der Waals surface area contributed by atoms with E-state index in [-0.39, 0.29) is 30.3 Å². The van der Waals surface area contributed by atoms with E-state index in [1.165, 1.54) is 19.3 Å². The molecule has 0 unspecified atom stereocenters. The summed E-state index contributed by atoms with van der Waals surface area (Å²) >= 11 is 0. The van der Waals surface area contributed by atoms with Gasteiger partial charge in [-0.15, -0.1) is 0 Å². The number of carbonyl (C=O) groups is 3. The molecule has 1 saturated carbocycles. The lowest BCUT2D eigenvalue weighted by molar-refractivity contribution is -0.114. The first-order valence-corrected chi connectivity index (χ1v) is 12.4. The normalized spacial score (nSPS) is 13.4. The first-order valence-electron chi connectivity index (χ1n) is 12.4. The molecule has 1 aliphatic rings. The maximum atomic E-state index is 12.5. The van der Waals surface area contributed by atoms with Crippen LogP contribution in [0.4, 0.5) is 11.4 Å². The number of rotatable bonds is 9. The van der Waals surface area contributed by atoms with Gasteiger partial charge in [0.25, 0.3) is 11.8 Å². The lowest BCUT2D eigenvalue weighted by Gasteiger charge is -2.22. The number of benzene rings is 3. The summed E-state index contributed by atoms with van der Waals surface area (Å²) in [6.45, 7) is 0.485. The topological polar surface area (TPSA) is 99.3 Å². The van der Waals surface area contributed by atoms with Crippen molar-refractivity contribution in [1.29, 1.82) is 0 Å². The van der Waals surface area contributed by atoms with Gasteiger partial charge in [0.15, 0.2) is 0 Å². The molecule has 0 heterocycles. The van der Waals surface area contributed by atoms with Crippen LogP contribution in [0.25, 0.3) is 0 Å². The Balaban J connectivity index is 1.23. The largest absolute Gasteiger partial charge is 0.376 e. The Morgan fingerprint density at radius 2 is 1.47 bits per heavy atom. The highest BCUT2D eigenvalue weighted by atomic mass is 16.2. The number of anilines is 2. The third-order valence-corrected chi connectivity index (χ3v) is 6.24. The fraction of sp³-hybridized carbons (Fsp3) is 0.276. The van der Waals surface area contributed by atoms with Crippen molar-refractivity contribution >= 4 is 29.1 Å². The van der Waals surface area contributed by atoms with Crippen molar-refractivity contribution in [3.8, 4) is 0 Å². The second kappa shape index (κ2) is 12.5. The Morgan fingerprint density at radius 1 is 0.722 bits per heavy atom. The van der Waals surface area contributed by atoms with Crippen molar-refractivity contribution in [3.05, 3.63) is 95.6 Å². The highest BCUT2D eigenvalue weighted by Gasteiger charge is 2.16. The van der Waals surface area contributed by atoms with E-state index in [1.54, 1.807) is 48.5 Å². The molecule has 1 aliphatic carbocycles. The summed E-state index contributed by atoms with van der Waals surface area (Å²) in [5.74, 6) is -0.504. The van der Waals surface area contributed by atoms with Crippen LogP contribution in [0.15, 0.2) is 78.9 Å². The maximum absolute atomic E-state index is 12.5. The Morgan fingerprint density at radius 3 is 2.22 bits per heavy atom. The highest BCUT2D eigenvalue weighted by Crippen LogP contribution is 2.18. The molecule has 7 nitrogen and oxygen atoms in total. The van der Waals surface area contributed by atoms with E-state index < -0.39 is 0 Å². The lowest BCUT2D eigenvalue weighted by atomic mass is 9.95. The molecule has 4 N–H and O–H groups in total. The van der Waals surface area contributed by atoms with Crippen LogP contribution >= 0.6 is 0 Å². The van der Waals surface area contributed by atoms with Gasteiger partial charge in [0.05, 0.1) is 6.54 Å². The summed E-state index contributed by atoms with van der Waals surface area (Å²) < 4.78 is 0. The van der Waals surface area contributed by atoms with Crippen LogP contribution in [0.2, 0.25) is 0 Å². The Kier molecular flexibility index (Phi) is 8.70. The molecule has 186 valence electrons. The van der Waals surface area contributed by atoms with Gasteiger partial charge < -0.3 is 21.3 Å². The van der Waals surface area contributed by atoms with Crippen LogP contribution in [0.1, 0.15) is 58.4 Å². The SMILES string of the molecule is O=C(CNc1ccc(C(=O)NC2CCCCC2)cc1)Nc1cccc(C(=O)NCc2ccccc2)c1. The zero-order chi connectivity index (χ0) is 25.2. The molecule has 3 aromatic carbocycles. The molecule has 3 amide bonds. The van der Waals surface area contributed by atoms with Gasteiger partial charge in [0, 0.05) is 35.1 Å². The first kappa shape index (κ1) is 25.0. The van der Waals surface area contributed by atoms with Crippen LogP contribution in [0.3, 0.4) is 0 Å².